The summed E-state index contributed by atoms with van der Waals surface area (Å²) in [7, 11) is 1.27. The molecule has 2 aromatic carbocycles. The van der Waals surface area contributed by atoms with Crippen molar-refractivity contribution in [3.05, 3.63) is 104 Å². The molecule has 0 spiro atoms. The predicted octanol–water partition coefficient (Wildman–Crippen LogP) is 7.56. The number of hydrogen-bond acceptors (Lipinski definition) is 9. The molecule has 246 valence electrons. The van der Waals surface area contributed by atoms with Crippen molar-refractivity contribution in [2.45, 2.75) is 13.8 Å². The Kier molecular flexibility index (Phi) is 13.6. The molecule has 16 heteroatoms. The van der Waals surface area contributed by atoms with Gasteiger partial charge in [0.1, 0.15) is 11.4 Å². The van der Waals surface area contributed by atoms with Gasteiger partial charge in [-0.3, -0.25) is 19.6 Å². The van der Waals surface area contributed by atoms with Crippen LogP contribution in [0.1, 0.15) is 55.5 Å². The summed E-state index contributed by atoms with van der Waals surface area (Å²) in [5.41, 5.74) is 1.21. The van der Waals surface area contributed by atoms with Crippen LogP contribution in [-0.4, -0.2) is 59.2 Å². The standard InChI is InChI=1S/C16H14Cl2N2O4.C15H12Cl2N2O4/c1-3-24-14-11(17)6-10(7-12(14)18)20-15(21)13-5-4-9(8-19-13)16(22)23-2;1-2-23-13-10(16)5-9(6-11(13)17)19-14(20)12-4-3-8(7-18-12)15(21)22/h4-8H,3H2,1-2H3,(H,20,21);3-7H,2H2,1H3,(H,19,20)(H,21,22). The third kappa shape index (κ3) is 10.2. The van der Waals surface area contributed by atoms with Crippen molar-refractivity contribution >= 4 is 81.5 Å². The molecule has 0 saturated heterocycles. The minimum atomic E-state index is -1.12. The normalized spacial score (nSPS) is 10.2. The van der Waals surface area contributed by atoms with Gasteiger partial charge in [-0.2, -0.15) is 0 Å². The van der Waals surface area contributed by atoms with Crippen molar-refractivity contribution in [2.24, 2.45) is 0 Å². The van der Waals surface area contributed by atoms with E-state index < -0.39 is 23.8 Å². The number of amides is 2. The van der Waals surface area contributed by atoms with Gasteiger partial charge in [0.2, 0.25) is 0 Å². The SMILES string of the molecule is CCOc1c(Cl)cc(NC(=O)c2ccc(C(=O)O)cn2)cc1Cl.CCOc1c(Cl)cc(NC(=O)c2ccc(C(=O)OC)cn2)cc1Cl. The molecule has 3 N–H and O–H groups in total. The van der Waals surface area contributed by atoms with E-state index in [0.29, 0.717) is 36.1 Å². The van der Waals surface area contributed by atoms with Crippen LogP contribution in [0.5, 0.6) is 11.5 Å². The fourth-order valence-corrected chi connectivity index (χ4v) is 4.83. The lowest BCUT2D eigenvalue weighted by atomic mass is 10.2. The molecule has 12 nitrogen and oxygen atoms in total. The Balaban J connectivity index is 0.000000256. The molecule has 2 amide bonds. The summed E-state index contributed by atoms with van der Waals surface area (Å²) in [6.07, 6.45) is 2.37. The zero-order chi connectivity index (χ0) is 34.7. The Morgan fingerprint density at radius 2 is 1.06 bits per heavy atom. The van der Waals surface area contributed by atoms with Crippen molar-refractivity contribution in [3.8, 4) is 11.5 Å². The number of nitrogens with zero attached hydrogens (tertiary/aromatic N) is 2. The predicted molar refractivity (Wildman–Crippen MR) is 178 cm³/mol. The molecule has 2 heterocycles. The number of esters is 1. The van der Waals surface area contributed by atoms with E-state index in [2.05, 4.69) is 25.3 Å². The lowest BCUT2D eigenvalue weighted by molar-refractivity contribution is 0.0598. The van der Waals surface area contributed by atoms with Gasteiger partial charge in [0.15, 0.2) is 11.5 Å². The molecule has 0 aliphatic rings. The number of carbonyl (C=O) groups excluding carboxylic acids is 3. The quantitative estimate of drug-likeness (QED) is 0.139. The number of benzene rings is 2. The first-order chi connectivity index (χ1) is 22.4. The first kappa shape index (κ1) is 36.8. The van der Waals surface area contributed by atoms with Gasteiger partial charge < -0.3 is 30.0 Å². The summed E-state index contributed by atoms with van der Waals surface area (Å²) in [5.74, 6) is -1.92. The Morgan fingerprint density at radius 3 is 1.36 bits per heavy atom. The van der Waals surface area contributed by atoms with Gasteiger partial charge in [0.25, 0.3) is 11.8 Å². The van der Waals surface area contributed by atoms with Crippen LogP contribution in [0.25, 0.3) is 0 Å². The molecule has 0 aliphatic carbocycles. The summed E-state index contributed by atoms with van der Waals surface area (Å²) in [6.45, 7) is 4.44. The summed E-state index contributed by atoms with van der Waals surface area (Å²) in [4.78, 5) is 54.1. The molecule has 0 unspecified atom stereocenters. The zero-order valence-electron chi connectivity index (χ0n) is 24.9. The average molecular weight is 724 g/mol. The number of rotatable bonds is 10. The van der Waals surface area contributed by atoms with E-state index in [1.807, 2.05) is 6.92 Å². The van der Waals surface area contributed by atoms with Gasteiger partial charge in [-0.15, -0.1) is 0 Å². The number of carboxylic acid groups (broad SMARTS) is 1. The molecule has 0 saturated carbocycles. The summed E-state index contributed by atoms with van der Waals surface area (Å²) in [5, 5.41) is 15.1. The topological polar surface area (TPSA) is 166 Å². The molecule has 0 aliphatic heterocycles. The number of aromatic carboxylic acids is 1. The molecular weight excluding hydrogens is 698 g/mol. The van der Waals surface area contributed by atoms with Crippen molar-refractivity contribution in [2.75, 3.05) is 31.0 Å². The Labute approximate surface area is 288 Å². The molecule has 2 aromatic heterocycles. The monoisotopic (exact) mass is 722 g/mol. The molecule has 4 rings (SSSR count). The molecule has 0 radical (unpaired) electrons. The highest BCUT2D eigenvalue weighted by Crippen LogP contribution is 2.37. The fraction of sp³-hybridized carbons (Fsp3) is 0.161. The van der Waals surface area contributed by atoms with E-state index in [4.69, 9.17) is 61.0 Å². The van der Waals surface area contributed by atoms with Crippen LogP contribution in [0.15, 0.2) is 60.9 Å². The molecule has 0 atom stereocenters. The minimum Gasteiger partial charge on any atom is -0.491 e. The van der Waals surface area contributed by atoms with Gasteiger partial charge in [0.05, 0.1) is 51.5 Å². The number of carboxylic acids is 1. The number of hydrogen-bond donors (Lipinski definition) is 3. The van der Waals surface area contributed by atoms with Crippen LogP contribution in [0, 0.1) is 0 Å². The summed E-state index contributed by atoms with van der Waals surface area (Å²) < 4.78 is 15.2. The second kappa shape index (κ2) is 17.3. The molecular formula is C31H26Cl4N4O8. The average Bonchev–Trinajstić information content (AvgIpc) is 3.04. The first-order valence-corrected chi connectivity index (χ1v) is 15.0. The van der Waals surface area contributed by atoms with Crippen LogP contribution >= 0.6 is 46.4 Å². The van der Waals surface area contributed by atoms with E-state index >= 15 is 0 Å². The van der Waals surface area contributed by atoms with Crippen LogP contribution in [0.3, 0.4) is 0 Å². The summed E-state index contributed by atoms with van der Waals surface area (Å²) >= 11 is 24.3. The van der Waals surface area contributed by atoms with Gasteiger partial charge in [0, 0.05) is 23.8 Å². The van der Waals surface area contributed by atoms with Crippen molar-refractivity contribution < 1.29 is 38.5 Å². The largest absolute Gasteiger partial charge is 0.491 e. The van der Waals surface area contributed by atoms with Crippen molar-refractivity contribution in [1.82, 2.24) is 9.97 Å². The highest BCUT2D eigenvalue weighted by Gasteiger charge is 2.15. The van der Waals surface area contributed by atoms with Crippen LogP contribution in [0.4, 0.5) is 11.4 Å². The number of methoxy groups -OCH3 is 1. The number of aromatic nitrogens is 2. The van der Waals surface area contributed by atoms with E-state index in [0.717, 1.165) is 6.20 Å². The fourth-order valence-electron chi connectivity index (χ4n) is 3.64. The van der Waals surface area contributed by atoms with Crippen LogP contribution in [-0.2, 0) is 4.74 Å². The van der Waals surface area contributed by atoms with E-state index in [-0.39, 0.29) is 42.6 Å². The maximum absolute atomic E-state index is 12.2. The molecule has 47 heavy (non-hydrogen) atoms. The Bertz CT molecular complexity index is 1720. The second-order valence-corrected chi connectivity index (χ2v) is 10.6. The van der Waals surface area contributed by atoms with Gasteiger partial charge >= 0.3 is 11.9 Å². The van der Waals surface area contributed by atoms with E-state index in [1.54, 1.807) is 6.92 Å². The van der Waals surface area contributed by atoms with Crippen molar-refractivity contribution in [1.29, 1.82) is 0 Å². The number of anilines is 2. The van der Waals surface area contributed by atoms with Gasteiger partial charge in [-0.25, -0.2) is 9.59 Å². The maximum Gasteiger partial charge on any atom is 0.339 e. The number of halogens is 4. The van der Waals surface area contributed by atoms with Crippen LogP contribution in [0.2, 0.25) is 20.1 Å². The molecule has 0 bridgehead atoms. The number of carbonyl (C=O) groups is 4. The highest BCUT2D eigenvalue weighted by molar-refractivity contribution is 6.38. The summed E-state index contributed by atoms with van der Waals surface area (Å²) in [6, 6.07) is 11.5. The maximum atomic E-state index is 12.2. The zero-order valence-corrected chi connectivity index (χ0v) is 27.9. The number of ether oxygens (including phenoxy) is 3. The van der Waals surface area contributed by atoms with Crippen LogP contribution < -0.4 is 20.1 Å². The Morgan fingerprint density at radius 1 is 0.681 bits per heavy atom. The molecule has 4 aromatic rings. The lowest BCUT2D eigenvalue weighted by Gasteiger charge is -2.11. The third-order valence-corrected chi connectivity index (χ3v) is 6.87. The first-order valence-electron chi connectivity index (χ1n) is 13.5. The van der Waals surface area contributed by atoms with E-state index in [9.17, 15) is 19.2 Å². The molecule has 0 fully saturated rings. The Hall–Kier alpha value is -4.62. The lowest BCUT2D eigenvalue weighted by Crippen LogP contribution is -2.14. The highest BCUT2D eigenvalue weighted by atomic mass is 35.5. The van der Waals surface area contributed by atoms with Gasteiger partial charge in [-0.1, -0.05) is 46.4 Å². The number of pyridine rings is 2. The minimum absolute atomic E-state index is 0.00583. The second-order valence-electron chi connectivity index (χ2n) is 8.97. The smallest absolute Gasteiger partial charge is 0.339 e. The van der Waals surface area contributed by atoms with E-state index in [1.165, 1.54) is 61.8 Å². The van der Waals surface area contributed by atoms with Gasteiger partial charge in [-0.05, 0) is 62.4 Å². The van der Waals surface area contributed by atoms with Crippen molar-refractivity contribution in [3.63, 3.8) is 0 Å². The third-order valence-electron chi connectivity index (χ3n) is 5.75. The number of nitrogens with one attached hydrogen (secondary N) is 2.